The van der Waals surface area contributed by atoms with Gasteiger partial charge in [0.25, 0.3) is 0 Å². The van der Waals surface area contributed by atoms with Crippen LogP contribution in [-0.2, 0) is 4.74 Å². The number of anilines is 1. The number of ether oxygens (including phenoxy) is 1. The summed E-state index contributed by atoms with van der Waals surface area (Å²) in [6, 6.07) is 2.38. The third kappa shape index (κ3) is 2.83. The van der Waals surface area contributed by atoms with Crippen LogP contribution in [0.5, 0.6) is 0 Å². The topological polar surface area (TPSA) is 34.2 Å². The number of hydrogen-bond donors (Lipinski definition) is 1. The molecule has 0 unspecified atom stereocenters. The molecule has 0 saturated carbocycles. The van der Waals surface area contributed by atoms with Crippen LogP contribution in [0.3, 0.4) is 0 Å². The molecule has 0 aromatic carbocycles. The summed E-state index contributed by atoms with van der Waals surface area (Å²) in [6.07, 6.45) is 3.91. The summed E-state index contributed by atoms with van der Waals surface area (Å²) < 4.78 is 5.31. The van der Waals surface area contributed by atoms with Crippen molar-refractivity contribution in [3.05, 3.63) is 23.0 Å². The quantitative estimate of drug-likeness (QED) is 0.788. The molecular weight excluding hydrogens is 212 g/mol. The van der Waals surface area contributed by atoms with Gasteiger partial charge in [-0.15, -0.1) is 0 Å². The van der Waals surface area contributed by atoms with E-state index in [1.165, 1.54) is 0 Å². The Labute approximate surface area is 94.8 Å². The van der Waals surface area contributed by atoms with Crippen molar-refractivity contribution in [1.82, 2.24) is 4.98 Å². The summed E-state index contributed by atoms with van der Waals surface area (Å²) in [5.41, 5.74) is 2.22. The molecule has 82 valence electrons. The maximum absolute atomic E-state index is 5.80. The van der Waals surface area contributed by atoms with Crippen LogP contribution in [-0.4, -0.2) is 24.2 Å². The molecule has 0 spiro atoms. The molecule has 1 aromatic rings. The second-order valence-electron chi connectivity index (χ2n) is 3.85. The first-order chi connectivity index (χ1) is 7.25. The van der Waals surface area contributed by atoms with Crippen molar-refractivity contribution in [3.8, 4) is 0 Å². The zero-order valence-electron chi connectivity index (χ0n) is 8.79. The standard InChI is InChI=1S/C11H15ClN2O/c1-8-6-11(12)13-7-10(8)14-9-2-4-15-5-3-9/h6-7,9,14H,2-5H2,1H3. The number of halogens is 1. The molecule has 0 atom stereocenters. The smallest absolute Gasteiger partial charge is 0.129 e. The molecule has 0 bridgehead atoms. The lowest BCUT2D eigenvalue weighted by Crippen LogP contribution is -2.28. The van der Waals surface area contributed by atoms with E-state index in [1.807, 2.05) is 13.0 Å². The van der Waals surface area contributed by atoms with Crippen molar-refractivity contribution >= 4 is 17.3 Å². The first-order valence-corrected chi connectivity index (χ1v) is 5.60. The van der Waals surface area contributed by atoms with Gasteiger partial charge in [0.2, 0.25) is 0 Å². The predicted molar refractivity (Wildman–Crippen MR) is 61.4 cm³/mol. The maximum atomic E-state index is 5.80. The molecule has 2 rings (SSSR count). The van der Waals surface area contributed by atoms with Gasteiger partial charge in [-0.25, -0.2) is 4.98 Å². The van der Waals surface area contributed by atoms with E-state index in [1.54, 1.807) is 6.20 Å². The number of rotatable bonds is 2. The highest BCUT2D eigenvalue weighted by atomic mass is 35.5. The predicted octanol–water partition coefficient (Wildman–Crippen LogP) is 2.63. The zero-order valence-corrected chi connectivity index (χ0v) is 9.55. The second-order valence-corrected chi connectivity index (χ2v) is 4.24. The Morgan fingerprint density at radius 3 is 2.87 bits per heavy atom. The fourth-order valence-electron chi connectivity index (χ4n) is 1.73. The maximum Gasteiger partial charge on any atom is 0.129 e. The van der Waals surface area contributed by atoms with Crippen molar-refractivity contribution in [1.29, 1.82) is 0 Å². The van der Waals surface area contributed by atoms with E-state index >= 15 is 0 Å². The highest BCUT2D eigenvalue weighted by Crippen LogP contribution is 2.20. The van der Waals surface area contributed by atoms with E-state index in [2.05, 4.69) is 10.3 Å². The molecule has 1 N–H and O–H groups in total. The summed E-state index contributed by atoms with van der Waals surface area (Å²) in [7, 11) is 0. The van der Waals surface area contributed by atoms with Crippen molar-refractivity contribution in [2.24, 2.45) is 0 Å². The van der Waals surface area contributed by atoms with Crippen LogP contribution in [0, 0.1) is 6.92 Å². The Hall–Kier alpha value is -0.800. The Kier molecular flexibility index (Phi) is 3.44. The van der Waals surface area contributed by atoms with Crippen molar-refractivity contribution in [3.63, 3.8) is 0 Å². The van der Waals surface area contributed by atoms with Crippen LogP contribution in [0.15, 0.2) is 12.3 Å². The number of hydrogen-bond acceptors (Lipinski definition) is 3. The molecule has 2 heterocycles. The number of pyridine rings is 1. The van der Waals surface area contributed by atoms with E-state index in [-0.39, 0.29) is 0 Å². The van der Waals surface area contributed by atoms with Gasteiger partial charge < -0.3 is 10.1 Å². The van der Waals surface area contributed by atoms with Gasteiger partial charge >= 0.3 is 0 Å². The molecule has 1 aromatic heterocycles. The Balaban J connectivity index is 2.03. The minimum atomic E-state index is 0.500. The largest absolute Gasteiger partial charge is 0.381 e. The summed E-state index contributed by atoms with van der Waals surface area (Å²) in [4.78, 5) is 4.08. The second kappa shape index (κ2) is 4.81. The van der Waals surface area contributed by atoms with Gasteiger partial charge in [-0.1, -0.05) is 11.6 Å². The summed E-state index contributed by atoms with van der Waals surface area (Å²) in [5.74, 6) is 0. The highest BCUT2D eigenvalue weighted by Gasteiger charge is 2.14. The fraction of sp³-hybridized carbons (Fsp3) is 0.545. The molecule has 4 heteroatoms. The third-order valence-corrected chi connectivity index (χ3v) is 2.87. The Morgan fingerprint density at radius 2 is 2.20 bits per heavy atom. The summed E-state index contributed by atoms with van der Waals surface area (Å²) >= 11 is 5.80. The lowest BCUT2D eigenvalue weighted by Gasteiger charge is -2.24. The van der Waals surface area contributed by atoms with Crippen LogP contribution in [0.4, 0.5) is 5.69 Å². The highest BCUT2D eigenvalue weighted by molar-refractivity contribution is 6.29. The zero-order chi connectivity index (χ0) is 10.7. The van der Waals surface area contributed by atoms with Crippen LogP contribution in [0.25, 0.3) is 0 Å². The van der Waals surface area contributed by atoms with E-state index in [0.29, 0.717) is 11.2 Å². The fourth-order valence-corrected chi connectivity index (χ4v) is 1.95. The van der Waals surface area contributed by atoms with Crippen LogP contribution in [0.2, 0.25) is 5.15 Å². The van der Waals surface area contributed by atoms with Crippen molar-refractivity contribution < 1.29 is 4.74 Å². The Morgan fingerprint density at radius 1 is 1.47 bits per heavy atom. The molecule has 3 nitrogen and oxygen atoms in total. The van der Waals surface area contributed by atoms with Crippen LogP contribution in [0.1, 0.15) is 18.4 Å². The lowest BCUT2D eigenvalue weighted by molar-refractivity contribution is 0.0904. The van der Waals surface area contributed by atoms with Crippen molar-refractivity contribution in [2.45, 2.75) is 25.8 Å². The van der Waals surface area contributed by atoms with Crippen LogP contribution < -0.4 is 5.32 Å². The molecule has 1 saturated heterocycles. The Bertz CT molecular complexity index is 337. The van der Waals surface area contributed by atoms with Gasteiger partial charge in [-0.05, 0) is 31.4 Å². The van der Waals surface area contributed by atoms with Gasteiger partial charge in [-0.2, -0.15) is 0 Å². The molecule has 1 aliphatic heterocycles. The summed E-state index contributed by atoms with van der Waals surface area (Å²) in [6.45, 7) is 3.73. The van der Waals surface area contributed by atoms with E-state index in [9.17, 15) is 0 Å². The minimum Gasteiger partial charge on any atom is -0.381 e. The summed E-state index contributed by atoms with van der Waals surface area (Å²) in [5, 5.41) is 4.02. The van der Waals surface area contributed by atoms with Gasteiger partial charge in [0.15, 0.2) is 0 Å². The van der Waals surface area contributed by atoms with Gasteiger partial charge in [0.05, 0.1) is 11.9 Å². The molecule has 15 heavy (non-hydrogen) atoms. The first-order valence-electron chi connectivity index (χ1n) is 5.22. The molecule has 0 amide bonds. The number of nitrogens with one attached hydrogen (secondary N) is 1. The number of aryl methyl sites for hydroxylation is 1. The number of nitrogens with zero attached hydrogens (tertiary/aromatic N) is 1. The first kappa shape index (κ1) is 10.7. The molecule has 0 aliphatic carbocycles. The van der Waals surface area contributed by atoms with E-state index in [0.717, 1.165) is 37.3 Å². The average Bonchev–Trinajstić information content (AvgIpc) is 2.24. The van der Waals surface area contributed by atoms with E-state index in [4.69, 9.17) is 16.3 Å². The molecule has 1 aliphatic rings. The SMILES string of the molecule is Cc1cc(Cl)ncc1NC1CCOCC1. The van der Waals surface area contributed by atoms with Gasteiger partial charge in [0, 0.05) is 19.3 Å². The van der Waals surface area contributed by atoms with E-state index < -0.39 is 0 Å². The third-order valence-electron chi connectivity index (χ3n) is 2.66. The van der Waals surface area contributed by atoms with Gasteiger partial charge in [-0.3, -0.25) is 0 Å². The lowest BCUT2D eigenvalue weighted by atomic mass is 10.1. The normalized spacial score (nSPS) is 17.7. The molecule has 1 fully saturated rings. The van der Waals surface area contributed by atoms with Gasteiger partial charge in [0.1, 0.15) is 5.15 Å². The van der Waals surface area contributed by atoms with Crippen molar-refractivity contribution in [2.75, 3.05) is 18.5 Å². The van der Waals surface area contributed by atoms with Crippen LogP contribution >= 0.6 is 11.6 Å². The average molecular weight is 227 g/mol. The molecule has 0 radical (unpaired) electrons. The molecular formula is C11H15ClN2O. The monoisotopic (exact) mass is 226 g/mol. The minimum absolute atomic E-state index is 0.500. The number of aromatic nitrogens is 1.